The van der Waals surface area contributed by atoms with Crippen molar-refractivity contribution in [3.8, 4) is 5.75 Å². The van der Waals surface area contributed by atoms with Crippen molar-refractivity contribution < 1.29 is 14.6 Å². The van der Waals surface area contributed by atoms with Crippen LogP contribution in [0.25, 0.3) is 10.9 Å². The number of carbonyl (C=O) groups is 1. The predicted octanol–water partition coefficient (Wildman–Crippen LogP) is 3.75. The van der Waals surface area contributed by atoms with E-state index in [1.807, 2.05) is 37.3 Å². The minimum absolute atomic E-state index is 0.288. The molecule has 0 saturated heterocycles. The Bertz CT molecular complexity index is 787. The van der Waals surface area contributed by atoms with Crippen LogP contribution in [0.2, 0.25) is 0 Å². The molecule has 2 N–H and O–H groups in total. The van der Waals surface area contributed by atoms with Gasteiger partial charge in [0.15, 0.2) is 0 Å². The van der Waals surface area contributed by atoms with E-state index < -0.39 is 5.97 Å². The third-order valence-electron chi connectivity index (χ3n) is 3.43. The highest BCUT2D eigenvalue weighted by atomic mass is 16.5. The zero-order valence-electron chi connectivity index (χ0n) is 11.6. The van der Waals surface area contributed by atoms with Gasteiger partial charge >= 0.3 is 5.97 Å². The summed E-state index contributed by atoms with van der Waals surface area (Å²) >= 11 is 0. The van der Waals surface area contributed by atoms with Gasteiger partial charge in [0.2, 0.25) is 0 Å². The van der Waals surface area contributed by atoms with E-state index in [0.717, 1.165) is 16.8 Å². The fourth-order valence-electron chi connectivity index (χ4n) is 2.34. The van der Waals surface area contributed by atoms with E-state index in [2.05, 4.69) is 4.98 Å². The first-order valence-electron chi connectivity index (χ1n) is 6.67. The van der Waals surface area contributed by atoms with Crippen LogP contribution in [0, 0.1) is 6.92 Å². The second kappa shape index (κ2) is 5.32. The number of hydrogen-bond donors (Lipinski definition) is 2. The number of carboxylic acid groups (broad SMARTS) is 1. The lowest BCUT2D eigenvalue weighted by Gasteiger charge is -2.06. The maximum absolute atomic E-state index is 11.3. The number of rotatable bonds is 4. The summed E-state index contributed by atoms with van der Waals surface area (Å²) in [6, 6.07) is 13.0. The van der Waals surface area contributed by atoms with Crippen molar-refractivity contribution in [2.24, 2.45) is 0 Å². The van der Waals surface area contributed by atoms with Gasteiger partial charge in [-0.2, -0.15) is 0 Å². The number of aryl methyl sites for hydroxylation is 1. The molecule has 0 amide bonds. The van der Waals surface area contributed by atoms with Crippen LogP contribution in [-0.2, 0) is 6.61 Å². The lowest BCUT2D eigenvalue weighted by molar-refractivity contribution is 0.0699. The predicted molar refractivity (Wildman–Crippen MR) is 80.8 cm³/mol. The smallest absolute Gasteiger partial charge is 0.336 e. The van der Waals surface area contributed by atoms with Gasteiger partial charge in [-0.1, -0.05) is 23.8 Å². The maximum atomic E-state index is 11.3. The summed E-state index contributed by atoms with van der Waals surface area (Å²) in [6.45, 7) is 2.34. The van der Waals surface area contributed by atoms with E-state index in [4.69, 9.17) is 4.74 Å². The standard InChI is InChI=1S/C17H15NO3/c1-11-5-7-13(8-6-11)21-10-12-9-18-15-4-2-3-14(16(12)15)17(19)20/h2-9,18H,10H2,1H3,(H,19,20). The molecule has 3 rings (SSSR count). The molecule has 1 aromatic heterocycles. The summed E-state index contributed by atoms with van der Waals surface area (Å²) in [7, 11) is 0. The molecule has 0 bridgehead atoms. The monoisotopic (exact) mass is 281 g/mol. The van der Waals surface area contributed by atoms with E-state index in [0.29, 0.717) is 12.0 Å². The number of nitrogens with one attached hydrogen (secondary N) is 1. The SMILES string of the molecule is Cc1ccc(OCc2c[nH]c3cccc(C(=O)O)c23)cc1. The zero-order valence-corrected chi connectivity index (χ0v) is 11.6. The number of hydrogen-bond acceptors (Lipinski definition) is 2. The van der Waals surface area contributed by atoms with E-state index in [-0.39, 0.29) is 5.56 Å². The topological polar surface area (TPSA) is 62.3 Å². The molecule has 3 aromatic rings. The van der Waals surface area contributed by atoms with Crippen LogP contribution < -0.4 is 4.74 Å². The first-order chi connectivity index (χ1) is 10.1. The minimum atomic E-state index is -0.934. The van der Waals surface area contributed by atoms with Gasteiger partial charge in [-0.25, -0.2) is 4.79 Å². The number of aromatic nitrogens is 1. The van der Waals surface area contributed by atoms with Crippen LogP contribution in [0.5, 0.6) is 5.75 Å². The number of carboxylic acids is 1. The fourth-order valence-corrected chi connectivity index (χ4v) is 2.34. The molecule has 0 aliphatic rings. The van der Waals surface area contributed by atoms with E-state index in [1.54, 1.807) is 18.3 Å². The van der Waals surface area contributed by atoms with Gasteiger partial charge in [0.05, 0.1) is 5.56 Å². The Morgan fingerprint density at radius 2 is 1.95 bits per heavy atom. The molecule has 0 aliphatic heterocycles. The molecule has 0 unspecified atom stereocenters. The Balaban J connectivity index is 1.90. The van der Waals surface area contributed by atoms with E-state index in [9.17, 15) is 9.90 Å². The number of ether oxygens (including phenoxy) is 1. The molecule has 2 aromatic carbocycles. The van der Waals surface area contributed by atoms with Crippen LogP contribution in [0.3, 0.4) is 0 Å². The number of benzene rings is 2. The Morgan fingerprint density at radius 3 is 2.67 bits per heavy atom. The third kappa shape index (κ3) is 2.60. The van der Waals surface area contributed by atoms with Gasteiger partial charge in [0, 0.05) is 22.7 Å². The summed E-state index contributed by atoms with van der Waals surface area (Å²) in [5.41, 5.74) is 3.10. The van der Waals surface area contributed by atoms with Crippen LogP contribution >= 0.6 is 0 Å². The lowest BCUT2D eigenvalue weighted by Crippen LogP contribution is -2.00. The normalized spacial score (nSPS) is 10.7. The molecule has 4 heteroatoms. The van der Waals surface area contributed by atoms with Crippen molar-refractivity contribution in [3.63, 3.8) is 0 Å². The average molecular weight is 281 g/mol. The first kappa shape index (κ1) is 13.2. The summed E-state index contributed by atoms with van der Waals surface area (Å²) in [6.07, 6.45) is 1.80. The Labute approximate surface area is 122 Å². The summed E-state index contributed by atoms with van der Waals surface area (Å²) < 4.78 is 5.74. The second-order valence-corrected chi connectivity index (χ2v) is 4.95. The summed E-state index contributed by atoms with van der Waals surface area (Å²) in [5, 5.41) is 9.99. The highest BCUT2D eigenvalue weighted by Gasteiger charge is 2.13. The molecule has 0 radical (unpaired) electrons. The highest BCUT2D eigenvalue weighted by molar-refractivity contribution is 6.04. The van der Waals surface area contributed by atoms with Crippen LogP contribution in [-0.4, -0.2) is 16.1 Å². The molecule has 0 fully saturated rings. The molecule has 0 atom stereocenters. The van der Waals surface area contributed by atoms with Crippen LogP contribution in [0.1, 0.15) is 21.5 Å². The Morgan fingerprint density at radius 1 is 1.19 bits per heavy atom. The van der Waals surface area contributed by atoms with Crippen molar-refractivity contribution in [1.82, 2.24) is 4.98 Å². The third-order valence-corrected chi connectivity index (χ3v) is 3.43. The maximum Gasteiger partial charge on any atom is 0.336 e. The molecule has 0 spiro atoms. The molecular weight excluding hydrogens is 266 g/mol. The summed E-state index contributed by atoms with van der Waals surface area (Å²) in [5.74, 6) is -0.167. The van der Waals surface area contributed by atoms with Gasteiger partial charge in [-0.3, -0.25) is 0 Å². The van der Waals surface area contributed by atoms with E-state index >= 15 is 0 Å². The largest absolute Gasteiger partial charge is 0.489 e. The molecular formula is C17H15NO3. The fraction of sp³-hybridized carbons (Fsp3) is 0.118. The van der Waals surface area contributed by atoms with E-state index in [1.165, 1.54) is 5.56 Å². The first-order valence-corrected chi connectivity index (χ1v) is 6.67. The number of fused-ring (bicyclic) bond motifs is 1. The number of aromatic amines is 1. The average Bonchev–Trinajstić information content (AvgIpc) is 2.90. The summed E-state index contributed by atoms with van der Waals surface area (Å²) in [4.78, 5) is 14.4. The van der Waals surface area contributed by atoms with Gasteiger partial charge < -0.3 is 14.8 Å². The van der Waals surface area contributed by atoms with Crippen molar-refractivity contribution in [2.45, 2.75) is 13.5 Å². The van der Waals surface area contributed by atoms with Gasteiger partial charge in [0.25, 0.3) is 0 Å². The quantitative estimate of drug-likeness (QED) is 0.765. The molecule has 21 heavy (non-hydrogen) atoms. The van der Waals surface area contributed by atoms with Crippen molar-refractivity contribution in [1.29, 1.82) is 0 Å². The van der Waals surface area contributed by atoms with Gasteiger partial charge in [-0.05, 0) is 31.2 Å². The Hall–Kier alpha value is -2.75. The van der Waals surface area contributed by atoms with Crippen molar-refractivity contribution in [2.75, 3.05) is 0 Å². The molecule has 0 saturated carbocycles. The molecule has 1 heterocycles. The molecule has 4 nitrogen and oxygen atoms in total. The van der Waals surface area contributed by atoms with Crippen molar-refractivity contribution >= 4 is 16.9 Å². The lowest BCUT2D eigenvalue weighted by atomic mass is 10.1. The van der Waals surface area contributed by atoms with Gasteiger partial charge in [-0.15, -0.1) is 0 Å². The minimum Gasteiger partial charge on any atom is -0.489 e. The second-order valence-electron chi connectivity index (χ2n) is 4.95. The zero-order chi connectivity index (χ0) is 14.8. The highest BCUT2D eigenvalue weighted by Crippen LogP contribution is 2.24. The molecule has 106 valence electrons. The van der Waals surface area contributed by atoms with Gasteiger partial charge in [0.1, 0.15) is 12.4 Å². The number of aromatic carboxylic acids is 1. The molecule has 0 aliphatic carbocycles. The number of H-pyrrole nitrogens is 1. The van der Waals surface area contributed by atoms with Crippen LogP contribution in [0.4, 0.5) is 0 Å². The van der Waals surface area contributed by atoms with Crippen LogP contribution in [0.15, 0.2) is 48.7 Å². The van der Waals surface area contributed by atoms with Crippen molar-refractivity contribution in [3.05, 3.63) is 65.4 Å². The Kier molecular flexibility index (Phi) is 3.36.